The Morgan fingerprint density at radius 3 is 2.63 bits per heavy atom. The van der Waals surface area contributed by atoms with Gasteiger partial charge in [0, 0.05) is 15.8 Å². The summed E-state index contributed by atoms with van der Waals surface area (Å²) in [6, 6.07) is 14.4. The summed E-state index contributed by atoms with van der Waals surface area (Å²) >= 11 is 3.29. The molecule has 0 unspecified atom stereocenters. The largest absolute Gasteiger partial charge is 0.484 e. The summed E-state index contributed by atoms with van der Waals surface area (Å²) in [5.41, 5.74) is 6.94. The molecule has 0 fully saturated rings. The van der Waals surface area contributed by atoms with E-state index < -0.39 is 0 Å². The second-order valence-electron chi connectivity index (χ2n) is 3.89. The van der Waals surface area contributed by atoms with Gasteiger partial charge in [0.1, 0.15) is 5.75 Å². The first-order valence-electron chi connectivity index (χ1n) is 5.68. The van der Waals surface area contributed by atoms with Crippen molar-refractivity contribution in [1.29, 1.82) is 0 Å². The number of carbonyl (C=O) groups excluding carboxylic acids is 1. The third-order valence-corrected chi connectivity index (χ3v) is 3.12. The van der Waals surface area contributed by atoms with Gasteiger partial charge in [-0.1, -0.05) is 18.2 Å². The molecule has 5 heteroatoms. The van der Waals surface area contributed by atoms with Crippen LogP contribution in [0.4, 0.5) is 11.4 Å². The van der Waals surface area contributed by atoms with Crippen molar-refractivity contribution in [2.24, 2.45) is 0 Å². The molecular weight excluding hydrogens is 308 g/mol. The SMILES string of the molecule is Nc1cc(NC(=O)COc2ccccc2)ccc1Br. The number of halogens is 1. The van der Waals surface area contributed by atoms with Crippen molar-refractivity contribution in [2.45, 2.75) is 0 Å². The third kappa shape index (κ3) is 3.99. The zero-order valence-electron chi connectivity index (χ0n) is 10.1. The highest BCUT2D eigenvalue weighted by molar-refractivity contribution is 9.10. The maximum atomic E-state index is 11.7. The Labute approximate surface area is 119 Å². The monoisotopic (exact) mass is 320 g/mol. The van der Waals surface area contributed by atoms with Crippen molar-refractivity contribution in [2.75, 3.05) is 17.7 Å². The molecule has 4 nitrogen and oxygen atoms in total. The van der Waals surface area contributed by atoms with Gasteiger partial charge >= 0.3 is 0 Å². The Morgan fingerprint density at radius 2 is 1.95 bits per heavy atom. The highest BCUT2D eigenvalue weighted by atomic mass is 79.9. The van der Waals surface area contributed by atoms with Crippen LogP contribution in [0.5, 0.6) is 5.75 Å². The quantitative estimate of drug-likeness (QED) is 0.851. The van der Waals surface area contributed by atoms with E-state index >= 15 is 0 Å². The molecule has 98 valence electrons. The van der Waals surface area contributed by atoms with E-state index in [1.54, 1.807) is 30.3 Å². The van der Waals surface area contributed by atoms with Crippen LogP contribution in [0, 0.1) is 0 Å². The number of benzene rings is 2. The van der Waals surface area contributed by atoms with E-state index in [0.717, 1.165) is 4.47 Å². The van der Waals surface area contributed by atoms with Gasteiger partial charge in [0.25, 0.3) is 5.91 Å². The van der Waals surface area contributed by atoms with E-state index in [1.165, 1.54) is 0 Å². The summed E-state index contributed by atoms with van der Waals surface area (Å²) in [6.45, 7) is -0.0417. The van der Waals surface area contributed by atoms with Crippen molar-refractivity contribution < 1.29 is 9.53 Å². The van der Waals surface area contributed by atoms with Gasteiger partial charge in [-0.25, -0.2) is 0 Å². The summed E-state index contributed by atoms with van der Waals surface area (Å²) in [6.07, 6.45) is 0. The van der Waals surface area contributed by atoms with Gasteiger partial charge in [0.2, 0.25) is 0 Å². The molecule has 0 saturated carbocycles. The molecule has 0 spiro atoms. The molecule has 0 radical (unpaired) electrons. The van der Waals surface area contributed by atoms with Crippen LogP contribution in [0.1, 0.15) is 0 Å². The van der Waals surface area contributed by atoms with Crippen molar-refractivity contribution >= 4 is 33.2 Å². The number of rotatable bonds is 4. The summed E-state index contributed by atoms with van der Waals surface area (Å²) < 4.78 is 6.14. The lowest BCUT2D eigenvalue weighted by Gasteiger charge is -2.08. The van der Waals surface area contributed by atoms with Crippen LogP contribution >= 0.6 is 15.9 Å². The van der Waals surface area contributed by atoms with Crippen molar-refractivity contribution in [1.82, 2.24) is 0 Å². The lowest BCUT2D eigenvalue weighted by atomic mass is 10.3. The van der Waals surface area contributed by atoms with Gasteiger partial charge in [-0.05, 0) is 46.3 Å². The second-order valence-corrected chi connectivity index (χ2v) is 4.74. The lowest BCUT2D eigenvalue weighted by molar-refractivity contribution is -0.118. The Morgan fingerprint density at radius 1 is 1.21 bits per heavy atom. The van der Waals surface area contributed by atoms with E-state index in [2.05, 4.69) is 21.2 Å². The predicted molar refractivity (Wildman–Crippen MR) is 79.1 cm³/mol. The molecule has 0 aliphatic carbocycles. The molecule has 0 aliphatic heterocycles. The second kappa shape index (κ2) is 6.24. The minimum Gasteiger partial charge on any atom is -0.484 e. The van der Waals surface area contributed by atoms with Crippen molar-refractivity contribution in [3.05, 3.63) is 53.0 Å². The fourth-order valence-corrected chi connectivity index (χ4v) is 1.73. The van der Waals surface area contributed by atoms with Crippen LogP contribution in [-0.2, 0) is 4.79 Å². The maximum Gasteiger partial charge on any atom is 0.262 e. The molecule has 0 saturated heterocycles. The van der Waals surface area contributed by atoms with E-state index in [0.29, 0.717) is 17.1 Å². The normalized spacial score (nSPS) is 9.95. The Kier molecular flexibility index (Phi) is 4.41. The van der Waals surface area contributed by atoms with Crippen LogP contribution in [0.2, 0.25) is 0 Å². The average Bonchev–Trinajstić information content (AvgIpc) is 2.42. The maximum absolute atomic E-state index is 11.7. The number of nitrogens with one attached hydrogen (secondary N) is 1. The van der Waals surface area contributed by atoms with Gasteiger partial charge in [-0.15, -0.1) is 0 Å². The smallest absolute Gasteiger partial charge is 0.262 e. The standard InChI is InChI=1S/C14H13BrN2O2/c15-12-7-6-10(8-13(12)16)17-14(18)9-19-11-4-2-1-3-5-11/h1-8H,9,16H2,(H,17,18). The number of amides is 1. The lowest BCUT2D eigenvalue weighted by Crippen LogP contribution is -2.20. The molecule has 0 aliphatic rings. The van der Waals surface area contributed by atoms with Crippen molar-refractivity contribution in [3.63, 3.8) is 0 Å². The minimum atomic E-state index is -0.231. The summed E-state index contributed by atoms with van der Waals surface area (Å²) in [5.74, 6) is 0.429. The number of carbonyl (C=O) groups is 1. The van der Waals surface area contributed by atoms with Crippen LogP contribution < -0.4 is 15.8 Å². The van der Waals surface area contributed by atoms with E-state index in [-0.39, 0.29) is 12.5 Å². The van der Waals surface area contributed by atoms with Gasteiger partial charge in [0.05, 0.1) is 0 Å². The molecule has 2 aromatic carbocycles. The van der Waals surface area contributed by atoms with Gasteiger partial charge < -0.3 is 15.8 Å². The molecule has 19 heavy (non-hydrogen) atoms. The number of nitrogens with two attached hydrogens (primary N) is 1. The molecular formula is C14H13BrN2O2. The average molecular weight is 321 g/mol. The van der Waals surface area contributed by atoms with E-state index in [9.17, 15) is 4.79 Å². The molecule has 3 N–H and O–H groups in total. The van der Waals surface area contributed by atoms with Crippen molar-refractivity contribution in [3.8, 4) is 5.75 Å². The summed E-state index contributed by atoms with van der Waals surface area (Å²) in [5, 5.41) is 2.72. The first-order valence-corrected chi connectivity index (χ1v) is 6.47. The fraction of sp³-hybridized carbons (Fsp3) is 0.0714. The molecule has 0 heterocycles. The number of hydrogen-bond donors (Lipinski definition) is 2. The molecule has 1 amide bonds. The molecule has 2 aromatic rings. The minimum absolute atomic E-state index is 0.0417. The Balaban J connectivity index is 1.89. The highest BCUT2D eigenvalue weighted by Gasteiger charge is 2.05. The van der Waals surface area contributed by atoms with E-state index in [4.69, 9.17) is 10.5 Å². The third-order valence-electron chi connectivity index (χ3n) is 2.39. The number of ether oxygens (including phenoxy) is 1. The summed E-state index contributed by atoms with van der Waals surface area (Å²) in [4.78, 5) is 11.7. The molecule has 0 aromatic heterocycles. The zero-order valence-corrected chi connectivity index (χ0v) is 11.7. The van der Waals surface area contributed by atoms with Gasteiger partial charge in [0.15, 0.2) is 6.61 Å². The van der Waals surface area contributed by atoms with Crippen LogP contribution in [0.3, 0.4) is 0 Å². The first kappa shape index (κ1) is 13.4. The number of para-hydroxylation sites is 1. The Bertz CT molecular complexity index is 573. The summed E-state index contributed by atoms with van der Waals surface area (Å²) in [7, 11) is 0. The van der Waals surface area contributed by atoms with Gasteiger partial charge in [-0.3, -0.25) is 4.79 Å². The molecule has 0 atom stereocenters. The fourth-order valence-electron chi connectivity index (χ4n) is 1.48. The van der Waals surface area contributed by atoms with Crippen LogP contribution in [-0.4, -0.2) is 12.5 Å². The number of nitrogen functional groups attached to an aromatic ring is 1. The first-order chi connectivity index (χ1) is 9.15. The molecule has 0 bridgehead atoms. The Hall–Kier alpha value is -2.01. The van der Waals surface area contributed by atoms with Gasteiger partial charge in [-0.2, -0.15) is 0 Å². The van der Waals surface area contributed by atoms with Crippen LogP contribution in [0.15, 0.2) is 53.0 Å². The predicted octanol–water partition coefficient (Wildman–Crippen LogP) is 3.05. The topological polar surface area (TPSA) is 64.3 Å². The number of hydrogen-bond acceptors (Lipinski definition) is 3. The van der Waals surface area contributed by atoms with Crippen LogP contribution in [0.25, 0.3) is 0 Å². The highest BCUT2D eigenvalue weighted by Crippen LogP contribution is 2.22. The number of anilines is 2. The molecule has 2 rings (SSSR count). The van der Waals surface area contributed by atoms with E-state index in [1.807, 2.05) is 18.2 Å². The zero-order chi connectivity index (χ0) is 13.7.